The Morgan fingerprint density at radius 1 is 1.23 bits per heavy atom. The number of nitrogens with zero attached hydrogens (tertiary/aromatic N) is 5. The molecule has 6 nitrogen and oxygen atoms in total. The van der Waals surface area contributed by atoms with Gasteiger partial charge in [-0.05, 0) is 31.4 Å². The van der Waals surface area contributed by atoms with Gasteiger partial charge in [-0.15, -0.1) is 0 Å². The Kier molecular flexibility index (Phi) is 4.30. The van der Waals surface area contributed by atoms with Crippen molar-refractivity contribution in [2.75, 3.05) is 24.5 Å². The van der Waals surface area contributed by atoms with Gasteiger partial charge in [0.05, 0.1) is 17.9 Å². The number of pyridine rings is 1. The summed E-state index contributed by atoms with van der Waals surface area (Å²) >= 11 is 0. The Labute approximate surface area is 152 Å². The van der Waals surface area contributed by atoms with Crippen LogP contribution < -0.4 is 4.90 Å². The molecule has 4 heterocycles. The van der Waals surface area contributed by atoms with E-state index in [1.165, 1.54) is 12.4 Å². The summed E-state index contributed by atoms with van der Waals surface area (Å²) in [7, 11) is 0. The number of carbonyl (C=O) groups is 1. The summed E-state index contributed by atoms with van der Waals surface area (Å²) in [4.78, 5) is 29.3. The van der Waals surface area contributed by atoms with Crippen molar-refractivity contribution in [3.63, 3.8) is 0 Å². The number of piperidine rings is 1. The van der Waals surface area contributed by atoms with Crippen LogP contribution in [0.3, 0.4) is 0 Å². The molecule has 0 N–H and O–H groups in total. The van der Waals surface area contributed by atoms with Crippen molar-refractivity contribution in [2.45, 2.75) is 37.6 Å². The first-order valence-electron chi connectivity index (χ1n) is 9.07. The lowest BCUT2D eigenvalue weighted by Crippen LogP contribution is -2.55. The van der Waals surface area contributed by atoms with E-state index in [1.54, 1.807) is 6.20 Å². The van der Waals surface area contributed by atoms with E-state index in [2.05, 4.69) is 25.9 Å². The summed E-state index contributed by atoms with van der Waals surface area (Å²) < 4.78 is 13.1. The van der Waals surface area contributed by atoms with Gasteiger partial charge in [0, 0.05) is 44.4 Å². The zero-order valence-corrected chi connectivity index (χ0v) is 14.8. The lowest BCUT2D eigenvalue weighted by molar-refractivity contribution is -0.131. The molecule has 4 rings (SSSR count). The molecule has 2 aromatic heterocycles. The highest BCUT2D eigenvalue weighted by Gasteiger charge is 2.53. The Morgan fingerprint density at radius 2 is 1.96 bits per heavy atom. The third-order valence-corrected chi connectivity index (χ3v) is 5.79. The maximum Gasteiger partial charge on any atom is 0.225 e. The molecule has 0 bridgehead atoms. The Morgan fingerprint density at radius 3 is 2.58 bits per heavy atom. The van der Waals surface area contributed by atoms with Crippen LogP contribution in [0, 0.1) is 5.82 Å². The summed E-state index contributed by atoms with van der Waals surface area (Å²) in [5, 5.41) is 0. The quantitative estimate of drug-likeness (QED) is 0.846. The van der Waals surface area contributed by atoms with Crippen molar-refractivity contribution in [1.82, 2.24) is 19.9 Å². The molecule has 136 valence electrons. The van der Waals surface area contributed by atoms with Crippen molar-refractivity contribution in [2.24, 2.45) is 0 Å². The van der Waals surface area contributed by atoms with E-state index in [0.717, 1.165) is 31.5 Å². The van der Waals surface area contributed by atoms with Crippen molar-refractivity contribution in [1.29, 1.82) is 0 Å². The number of halogens is 1. The highest BCUT2D eigenvalue weighted by Crippen LogP contribution is 2.48. The van der Waals surface area contributed by atoms with E-state index in [9.17, 15) is 9.18 Å². The van der Waals surface area contributed by atoms with Gasteiger partial charge in [0.25, 0.3) is 0 Å². The second-order valence-corrected chi connectivity index (χ2v) is 6.97. The number of hydrogen-bond acceptors (Lipinski definition) is 5. The molecule has 0 radical (unpaired) electrons. The first-order valence-corrected chi connectivity index (χ1v) is 9.07. The molecule has 2 fully saturated rings. The zero-order valence-electron chi connectivity index (χ0n) is 14.8. The van der Waals surface area contributed by atoms with Gasteiger partial charge in [-0.25, -0.2) is 14.4 Å². The summed E-state index contributed by atoms with van der Waals surface area (Å²) in [6.07, 6.45) is 8.25. The van der Waals surface area contributed by atoms with Gasteiger partial charge < -0.3 is 9.80 Å². The molecular formula is C19H22FN5O. The smallest absolute Gasteiger partial charge is 0.225 e. The third-order valence-electron chi connectivity index (χ3n) is 5.79. The lowest BCUT2D eigenvalue weighted by Gasteiger charge is -2.47. The van der Waals surface area contributed by atoms with Crippen molar-refractivity contribution in [3.8, 4) is 0 Å². The molecule has 7 heteroatoms. The van der Waals surface area contributed by atoms with E-state index >= 15 is 0 Å². The minimum atomic E-state index is -0.433. The van der Waals surface area contributed by atoms with Crippen LogP contribution in [0.25, 0.3) is 0 Å². The van der Waals surface area contributed by atoms with Crippen molar-refractivity contribution >= 4 is 11.9 Å². The fraction of sp³-hybridized carbons (Fsp3) is 0.474. The highest BCUT2D eigenvalue weighted by atomic mass is 19.1. The molecule has 0 unspecified atom stereocenters. The van der Waals surface area contributed by atoms with Gasteiger partial charge in [-0.2, -0.15) is 0 Å². The van der Waals surface area contributed by atoms with Gasteiger partial charge in [0.15, 0.2) is 5.82 Å². The largest absolute Gasteiger partial charge is 0.341 e. The van der Waals surface area contributed by atoms with Crippen LogP contribution in [-0.4, -0.2) is 50.9 Å². The highest BCUT2D eigenvalue weighted by molar-refractivity contribution is 5.81. The summed E-state index contributed by atoms with van der Waals surface area (Å²) in [5.74, 6) is 0.483. The fourth-order valence-electron chi connectivity index (χ4n) is 4.59. The van der Waals surface area contributed by atoms with Gasteiger partial charge >= 0.3 is 0 Å². The number of hydrogen-bond donors (Lipinski definition) is 0. The molecule has 2 aliphatic heterocycles. The van der Waals surface area contributed by atoms with Gasteiger partial charge in [-0.3, -0.25) is 9.78 Å². The number of likely N-dealkylation sites (tertiary alicyclic amines) is 1. The molecule has 0 aliphatic carbocycles. The van der Waals surface area contributed by atoms with Gasteiger partial charge in [0.2, 0.25) is 11.9 Å². The van der Waals surface area contributed by atoms with E-state index < -0.39 is 5.82 Å². The van der Waals surface area contributed by atoms with Crippen LogP contribution in [0.4, 0.5) is 10.3 Å². The molecule has 1 amide bonds. The zero-order chi connectivity index (χ0) is 18.1. The maximum atomic E-state index is 13.1. The molecule has 0 saturated carbocycles. The minimum absolute atomic E-state index is 0.153. The molecule has 0 aromatic carbocycles. The fourth-order valence-corrected chi connectivity index (χ4v) is 4.59. The van der Waals surface area contributed by atoms with Crippen molar-refractivity contribution in [3.05, 3.63) is 48.3 Å². The molecule has 2 aromatic rings. The Bertz CT molecular complexity index is 774. The number of amides is 1. The van der Waals surface area contributed by atoms with Crippen LogP contribution >= 0.6 is 0 Å². The van der Waals surface area contributed by atoms with Crippen LogP contribution in [0.1, 0.15) is 37.7 Å². The molecule has 26 heavy (non-hydrogen) atoms. The summed E-state index contributed by atoms with van der Waals surface area (Å²) in [6.45, 7) is 4.24. The molecule has 2 aliphatic rings. The predicted octanol–water partition coefficient (Wildman–Crippen LogP) is 2.39. The SMILES string of the molecule is CCN1C(=O)C[C@H](c2cccnc2)C12CCN(c1ncc(F)cn1)CC2. The third kappa shape index (κ3) is 2.71. The Hall–Kier alpha value is -2.57. The number of anilines is 1. The predicted molar refractivity (Wildman–Crippen MR) is 95.2 cm³/mol. The minimum Gasteiger partial charge on any atom is -0.341 e. The second-order valence-electron chi connectivity index (χ2n) is 6.97. The van der Waals surface area contributed by atoms with E-state index in [0.29, 0.717) is 18.9 Å². The average Bonchev–Trinajstić information content (AvgIpc) is 2.95. The number of aromatic nitrogens is 3. The summed E-state index contributed by atoms with van der Waals surface area (Å²) in [5.41, 5.74) is 0.939. The molecule has 2 saturated heterocycles. The van der Waals surface area contributed by atoms with E-state index in [4.69, 9.17) is 0 Å². The van der Waals surface area contributed by atoms with E-state index in [-0.39, 0.29) is 17.4 Å². The van der Waals surface area contributed by atoms with Crippen LogP contribution in [0.5, 0.6) is 0 Å². The molecule has 1 spiro atoms. The maximum absolute atomic E-state index is 13.1. The van der Waals surface area contributed by atoms with Gasteiger partial charge in [0.1, 0.15) is 0 Å². The topological polar surface area (TPSA) is 62.2 Å². The first kappa shape index (κ1) is 16.9. The second kappa shape index (κ2) is 6.63. The van der Waals surface area contributed by atoms with Crippen LogP contribution in [0.15, 0.2) is 36.9 Å². The van der Waals surface area contributed by atoms with Crippen LogP contribution in [0.2, 0.25) is 0 Å². The monoisotopic (exact) mass is 355 g/mol. The number of rotatable bonds is 3. The normalized spacial score (nSPS) is 22.2. The molecule has 1 atom stereocenters. The van der Waals surface area contributed by atoms with Crippen molar-refractivity contribution < 1.29 is 9.18 Å². The number of carbonyl (C=O) groups excluding carboxylic acids is 1. The van der Waals surface area contributed by atoms with Crippen LogP contribution in [-0.2, 0) is 4.79 Å². The molecular weight excluding hydrogens is 333 g/mol. The summed E-state index contributed by atoms with van der Waals surface area (Å²) in [6, 6.07) is 4.00. The number of likely N-dealkylation sites (N-methyl/N-ethyl adjacent to an activating group) is 1. The standard InChI is InChI=1S/C19H22FN5O/c1-2-25-17(26)10-16(14-4-3-7-21-11-14)19(25)5-8-24(9-6-19)18-22-12-15(20)13-23-18/h3-4,7,11-13,16H,2,5-6,8-10H2,1H3/t16-/m1/s1. The average molecular weight is 355 g/mol. The van der Waals surface area contributed by atoms with E-state index in [1.807, 2.05) is 24.1 Å². The Balaban J connectivity index is 1.61. The first-order chi connectivity index (χ1) is 12.6. The lowest BCUT2D eigenvalue weighted by atomic mass is 9.74. The van der Waals surface area contributed by atoms with Gasteiger partial charge in [-0.1, -0.05) is 6.07 Å².